The van der Waals surface area contributed by atoms with Crippen molar-refractivity contribution in [3.63, 3.8) is 0 Å². The third kappa shape index (κ3) is 4.34. The molecule has 0 saturated carbocycles. The lowest BCUT2D eigenvalue weighted by atomic mass is 10.1. The maximum atomic E-state index is 12.6. The smallest absolute Gasteiger partial charge is 0.250 e. The Balaban J connectivity index is 2.03. The molecule has 6 heteroatoms. The van der Waals surface area contributed by atoms with E-state index in [0.717, 1.165) is 12.0 Å². The standard InChI is InChI=1S/C17H23N3O2S/c1-4-6-12(2)17(22)20-11-23-10-15(20)16(21)19-13(3)14-7-5-8-18-9-14/h5-9,13,15H,4,10-11H2,1-3H3,(H,19,21)/b12-6-. The van der Waals surface area contributed by atoms with Gasteiger partial charge in [-0.25, -0.2) is 0 Å². The largest absolute Gasteiger partial charge is 0.348 e. The fourth-order valence-corrected chi connectivity index (χ4v) is 3.66. The van der Waals surface area contributed by atoms with Gasteiger partial charge in [-0.3, -0.25) is 14.6 Å². The Kier molecular flexibility index (Phi) is 6.21. The third-order valence-corrected chi connectivity index (χ3v) is 4.85. The topological polar surface area (TPSA) is 62.3 Å². The van der Waals surface area contributed by atoms with Gasteiger partial charge in [0.1, 0.15) is 6.04 Å². The molecule has 1 aromatic rings. The van der Waals surface area contributed by atoms with Gasteiger partial charge in [-0.2, -0.15) is 0 Å². The number of allylic oxidation sites excluding steroid dienone is 1. The van der Waals surface area contributed by atoms with Crippen LogP contribution in [0.1, 0.15) is 38.8 Å². The fraction of sp³-hybridized carbons (Fsp3) is 0.471. The Morgan fingerprint density at radius 2 is 2.35 bits per heavy atom. The SMILES string of the molecule is CC/C=C(/C)C(=O)N1CSCC1C(=O)NC(C)c1cccnc1. The molecule has 1 aliphatic rings. The van der Waals surface area contributed by atoms with Gasteiger partial charge in [0.25, 0.3) is 5.91 Å². The van der Waals surface area contributed by atoms with Gasteiger partial charge < -0.3 is 10.2 Å². The number of amides is 2. The molecule has 2 unspecified atom stereocenters. The molecule has 1 fully saturated rings. The lowest BCUT2D eigenvalue weighted by Crippen LogP contribution is -2.48. The Morgan fingerprint density at radius 3 is 3.00 bits per heavy atom. The molecule has 2 rings (SSSR count). The molecule has 1 aliphatic heterocycles. The van der Waals surface area contributed by atoms with Crippen LogP contribution in [0.4, 0.5) is 0 Å². The minimum Gasteiger partial charge on any atom is -0.348 e. The molecular weight excluding hydrogens is 310 g/mol. The van der Waals surface area contributed by atoms with Crippen molar-refractivity contribution in [2.45, 2.75) is 39.3 Å². The molecule has 2 heterocycles. The summed E-state index contributed by atoms with van der Waals surface area (Å²) in [5.74, 6) is 1.04. The summed E-state index contributed by atoms with van der Waals surface area (Å²) in [6, 6.07) is 3.23. The van der Waals surface area contributed by atoms with E-state index in [9.17, 15) is 9.59 Å². The van der Waals surface area contributed by atoms with Gasteiger partial charge in [-0.05, 0) is 31.9 Å². The van der Waals surface area contributed by atoms with Crippen molar-refractivity contribution in [1.82, 2.24) is 15.2 Å². The van der Waals surface area contributed by atoms with Gasteiger partial charge in [0.05, 0.1) is 11.9 Å². The number of aromatic nitrogens is 1. The predicted octanol–water partition coefficient (Wildman–Crippen LogP) is 2.52. The molecule has 23 heavy (non-hydrogen) atoms. The van der Waals surface area contributed by atoms with E-state index < -0.39 is 6.04 Å². The molecule has 1 saturated heterocycles. The monoisotopic (exact) mass is 333 g/mol. The van der Waals surface area contributed by atoms with Crippen molar-refractivity contribution >= 4 is 23.6 Å². The summed E-state index contributed by atoms with van der Waals surface area (Å²) in [6.07, 6.45) is 6.16. The zero-order valence-corrected chi connectivity index (χ0v) is 14.6. The number of carbonyl (C=O) groups is 2. The first-order chi connectivity index (χ1) is 11.0. The molecule has 0 aliphatic carbocycles. The highest BCUT2D eigenvalue weighted by Gasteiger charge is 2.35. The molecule has 2 amide bonds. The van der Waals surface area contributed by atoms with E-state index in [0.29, 0.717) is 17.2 Å². The van der Waals surface area contributed by atoms with E-state index in [1.54, 1.807) is 29.1 Å². The number of pyridine rings is 1. The van der Waals surface area contributed by atoms with Crippen molar-refractivity contribution in [3.8, 4) is 0 Å². The first kappa shape index (κ1) is 17.5. The highest BCUT2D eigenvalue weighted by atomic mass is 32.2. The summed E-state index contributed by atoms with van der Waals surface area (Å²) < 4.78 is 0. The number of carbonyl (C=O) groups excluding carboxylic acids is 2. The second-order valence-corrected chi connectivity index (χ2v) is 6.60. The number of hydrogen-bond donors (Lipinski definition) is 1. The maximum absolute atomic E-state index is 12.6. The summed E-state index contributed by atoms with van der Waals surface area (Å²) in [7, 11) is 0. The van der Waals surface area contributed by atoms with E-state index >= 15 is 0 Å². The second kappa shape index (κ2) is 8.15. The Morgan fingerprint density at radius 1 is 1.57 bits per heavy atom. The average molecular weight is 333 g/mol. The van der Waals surface area contributed by atoms with Crippen LogP contribution in [-0.4, -0.2) is 39.4 Å². The quantitative estimate of drug-likeness (QED) is 0.841. The van der Waals surface area contributed by atoms with Gasteiger partial charge in [0, 0.05) is 23.7 Å². The first-order valence-corrected chi connectivity index (χ1v) is 8.95. The van der Waals surface area contributed by atoms with Crippen molar-refractivity contribution < 1.29 is 9.59 Å². The van der Waals surface area contributed by atoms with Crippen molar-refractivity contribution in [2.75, 3.05) is 11.6 Å². The highest BCUT2D eigenvalue weighted by Crippen LogP contribution is 2.24. The summed E-state index contributed by atoms with van der Waals surface area (Å²) in [4.78, 5) is 30.8. The number of rotatable bonds is 5. The summed E-state index contributed by atoms with van der Waals surface area (Å²) in [6.45, 7) is 5.72. The van der Waals surface area contributed by atoms with Crippen LogP contribution in [0.25, 0.3) is 0 Å². The molecule has 2 atom stereocenters. The van der Waals surface area contributed by atoms with Crippen LogP contribution in [0.15, 0.2) is 36.2 Å². The highest BCUT2D eigenvalue weighted by molar-refractivity contribution is 7.99. The molecular formula is C17H23N3O2S. The van der Waals surface area contributed by atoms with Crippen LogP contribution in [0.3, 0.4) is 0 Å². The molecule has 5 nitrogen and oxygen atoms in total. The summed E-state index contributed by atoms with van der Waals surface area (Å²) >= 11 is 1.61. The molecule has 1 N–H and O–H groups in total. The van der Waals surface area contributed by atoms with Crippen molar-refractivity contribution in [1.29, 1.82) is 0 Å². The minimum absolute atomic E-state index is 0.0500. The van der Waals surface area contributed by atoms with Crippen LogP contribution in [0.5, 0.6) is 0 Å². The van der Waals surface area contributed by atoms with Crippen molar-refractivity contribution in [3.05, 3.63) is 41.7 Å². The normalized spacial score (nSPS) is 19.5. The Labute approximate surface area is 141 Å². The lowest BCUT2D eigenvalue weighted by molar-refractivity contribution is -0.135. The van der Waals surface area contributed by atoms with Gasteiger partial charge in [0.2, 0.25) is 5.91 Å². The van der Waals surface area contributed by atoms with E-state index in [1.165, 1.54) is 0 Å². The Bertz CT molecular complexity index is 589. The fourth-order valence-electron chi connectivity index (χ4n) is 2.51. The number of nitrogens with zero attached hydrogens (tertiary/aromatic N) is 2. The van der Waals surface area contributed by atoms with Crippen LogP contribution < -0.4 is 5.32 Å². The molecule has 124 valence electrons. The van der Waals surface area contributed by atoms with Gasteiger partial charge in [-0.15, -0.1) is 11.8 Å². The third-order valence-electron chi connectivity index (χ3n) is 3.84. The van der Waals surface area contributed by atoms with E-state index in [1.807, 2.05) is 39.0 Å². The van der Waals surface area contributed by atoms with Crippen LogP contribution in [0.2, 0.25) is 0 Å². The number of thioether (sulfide) groups is 1. The van der Waals surface area contributed by atoms with Crippen LogP contribution >= 0.6 is 11.8 Å². The zero-order chi connectivity index (χ0) is 16.8. The van der Waals surface area contributed by atoms with Crippen LogP contribution in [-0.2, 0) is 9.59 Å². The molecule has 1 aromatic heterocycles. The number of hydrogen-bond acceptors (Lipinski definition) is 4. The second-order valence-electron chi connectivity index (χ2n) is 5.60. The average Bonchev–Trinajstić information content (AvgIpc) is 3.04. The van der Waals surface area contributed by atoms with E-state index in [4.69, 9.17) is 0 Å². The van der Waals surface area contributed by atoms with Crippen molar-refractivity contribution in [2.24, 2.45) is 0 Å². The van der Waals surface area contributed by atoms with Gasteiger partial charge >= 0.3 is 0 Å². The molecule has 0 radical (unpaired) electrons. The van der Waals surface area contributed by atoms with Crippen LogP contribution in [0, 0.1) is 0 Å². The van der Waals surface area contributed by atoms with E-state index in [-0.39, 0.29) is 17.9 Å². The number of nitrogens with one attached hydrogen (secondary N) is 1. The summed E-state index contributed by atoms with van der Waals surface area (Å²) in [5, 5.41) is 2.99. The molecule has 0 spiro atoms. The zero-order valence-electron chi connectivity index (χ0n) is 13.8. The van der Waals surface area contributed by atoms with Gasteiger partial charge in [-0.1, -0.05) is 19.1 Å². The maximum Gasteiger partial charge on any atom is 0.250 e. The minimum atomic E-state index is -0.410. The Hall–Kier alpha value is -1.82. The summed E-state index contributed by atoms with van der Waals surface area (Å²) in [5.41, 5.74) is 1.65. The lowest BCUT2D eigenvalue weighted by Gasteiger charge is -2.25. The van der Waals surface area contributed by atoms with E-state index in [2.05, 4.69) is 10.3 Å². The predicted molar refractivity (Wildman–Crippen MR) is 92.8 cm³/mol. The molecule has 0 bridgehead atoms. The first-order valence-electron chi connectivity index (χ1n) is 7.80. The molecule has 0 aromatic carbocycles. The van der Waals surface area contributed by atoms with Gasteiger partial charge in [0.15, 0.2) is 0 Å².